The lowest BCUT2D eigenvalue weighted by atomic mass is 9.86. The Kier molecular flexibility index (Phi) is 7.26. The summed E-state index contributed by atoms with van der Waals surface area (Å²) in [4.78, 5) is 7.49. The van der Waals surface area contributed by atoms with Gasteiger partial charge in [-0.3, -0.25) is 4.99 Å². The fourth-order valence-corrected chi connectivity index (χ4v) is 4.61. The van der Waals surface area contributed by atoms with Crippen LogP contribution in [0.3, 0.4) is 0 Å². The molecule has 6 heteroatoms. The fourth-order valence-electron chi connectivity index (χ4n) is 4.61. The van der Waals surface area contributed by atoms with Gasteiger partial charge in [-0.2, -0.15) is 0 Å². The Bertz CT molecular complexity index is 564. The second-order valence-corrected chi connectivity index (χ2v) is 8.03. The van der Waals surface area contributed by atoms with Gasteiger partial charge in [0.1, 0.15) is 5.76 Å². The highest BCUT2D eigenvalue weighted by Crippen LogP contribution is 2.45. The molecule has 4 rings (SSSR count). The van der Waals surface area contributed by atoms with Crippen LogP contribution in [0.5, 0.6) is 0 Å². The Morgan fingerprint density at radius 2 is 2.19 bits per heavy atom. The number of halogens is 1. The third-order valence-corrected chi connectivity index (χ3v) is 6.16. The molecule has 1 unspecified atom stereocenters. The zero-order valence-electron chi connectivity index (χ0n) is 15.6. The molecule has 5 nitrogen and oxygen atoms in total. The van der Waals surface area contributed by atoms with Gasteiger partial charge in [0.05, 0.1) is 12.9 Å². The predicted octanol–water partition coefficient (Wildman–Crippen LogP) is 3.69. The summed E-state index contributed by atoms with van der Waals surface area (Å²) in [6, 6.07) is 3.99. The molecule has 0 amide bonds. The second kappa shape index (κ2) is 9.44. The normalized spacial score (nSPS) is 25.0. The number of rotatable bonds is 5. The van der Waals surface area contributed by atoms with Gasteiger partial charge < -0.3 is 19.4 Å². The van der Waals surface area contributed by atoms with Crippen molar-refractivity contribution in [1.29, 1.82) is 0 Å². The largest absolute Gasteiger partial charge is 0.469 e. The lowest BCUT2D eigenvalue weighted by molar-refractivity contribution is 0.187. The zero-order valence-corrected chi connectivity index (χ0v) is 18.0. The van der Waals surface area contributed by atoms with E-state index >= 15 is 0 Å². The molecule has 3 heterocycles. The van der Waals surface area contributed by atoms with Crippen LogP contribution in [-0.4, -0.2) is 50.3 Å². The average molecular weight is 473 g/mol. The highest BCUT2D eigenvalue weighted by Gasteiger charge is 2.41. The Labute approximate surface area is 174 Å². The minimum absolute atomic E-state index is 0. The van der Waals surface area contributed by atoms with Crippen molar-refractivity contribution in [3.63, 3.8) is 0 Å². The molecule has 0 bridgehead atoms. The molecule has 1 spiro atoms. The van der Waals surface area contributed by atoms with E-state index in [4.69, 9.17) is 14.1 Å². The molecule has 1 aromatic rings. The number of likely N-dealkylation sites (tertiary alicyclic amines) is 1. The van der Waals surface area contributed by atoms with E-state index in [9.17, 15) is 0 Å². The summed E-state index contributed by atoms with van der Waals surface area (Å²) in [7, 11) is 0. The van der Waals surface area contributed by atoms with E-state index in [1.807, 2.05) is 12.1 Å². The summed E-state index contributed by atoms with van der Waals surface area (Å²) >= 11 is 0. The van der Waals surface area contributed by atoms with Crippen molar-refractivity contribution in [1.82, 2.24) is 10.2 Å². The Morgan fingerprint density at radius 1 is 1.31 bits per heavy atom. The maximum absolute atomic E-state index is 5.51. The van der Waals surface area contributed by atoms with Crippen LogP contribution in [0.25, 0.3) is 0 Å². The molecule has 1 saturated carbocycles. The van der Waals surface area contributed by atoms with Gasteiger partial charge in [0.2, 0.25) is 0 Å². The highest BCUT2D eigenvalue weighted by molar-refractivity contribution is 14.0. The number of aliphatic imine (C=N–C) groups is 1. The standard InChI is InChI=1S/C20H31N3O2.HI/c1-2-8-20(7-1)9-11-23(16-20)19(22-14-17-6-13-24-15-17)21-10-5-18-4-3-12-25-18;/h3-4,12,17H,1-2,5-11,13-16H2,(H,21,22);1H. The number of nitrogens with zero attached hydrogens (tertiary/aromatic N) is 2. The van der Waals surface area contributed by atoms with Crippen LogP contribution in [0.4, 0.5) is 0 Å². The van der Waals surface area contributed by atoms with Crippen molar-refractivity contribution in [2.24, 2.45) is 16.3 Å². The van der Waals surface area contributed by atoms with E-state index in [2.05, 4.69) is 10.2 Å². The predicted molar refractivity (Wildman–Crippen MR) is 114 cm³/mol. The molecule has 0 aromatic carbocycles. The Hall–Kier alpha value is -0.760. The first-order chi connectivity index (χ1) is 12.3. The fraction of sp³-hybridized carbons (Fsp3) is 0.750. The van der Waals surface area contributed by atoms with E-state index in [0.29, 0.717) is 11.3 Å². The average Bonchev–Trinajstić information content (AvgIpc) is 3.41. The van der Waals surface area contributed by atoms with Crippen molar-refractivity contribution in [3.8, 4) is 0 Å². The third kappa shape index (κ3) is 4.94. The molecule has 26 heavy (non-hydrogen) atoms. The van der Waals surface area contributed by atoms with Crippen molar-refractivity contribution in [2.45, 2.75) is 44.9 Å². The van der Waals surface area contributed by atoms with Crippen LogP contribution < -0.4 is 5.32 Å². The van der Waals surface area contributed by atoms with Gasteiger partial charge in [-0.25, -0.2) is 0 Å². The number of hydrogen-bond acceptors (Lipinski definition) is 3. The monoisotopic (exact) mass is 473 g/mol. The minimum Gasteiger partial charge on any atom is -0.469 e. The molecular formula is C20H32IN3O2. The van der Waals surface area contributed by atoms with Crippen molar-refractivity contribution in [2.75, 3.05) is 39.4 Å². The van der Waals surface area contributed by atoms with E-state index in [-0.39, 0.29) is 24.0 Å². The smallest absolute Gasteiger partial charge is 0.193 e. The van der Waals surface area contributed by atoms with Gasteiger partial charge in [0.15, 0.2) is 5.96 Å². The van der Waals surface area contributed by atoms with Crippen LogP contribution in [0.1, 0.15) is 44.3 Å². The van der Waals surface area contributed by atoms with Crippen molar-refractivity contribution < 1.29 is 9.15 Å². The molecule has 1 aromatic heterocycles. The van der Waals surface area contributed by atoms with Gasteiger partial charge in [-0.05, 0) is 43.2 Å². The number of guanidine groups is 1. The van der Waals surface area contributed by atoms with Crippen LogP contribution in [-0.2, 0) is 11.2 Å². The summed E-state index contributed by atoms with van der Waals surface area (Å²) < 4.78 is 11.0. The molecule has 3 fully saturated rings. The van der Waals surface area contributed by atoms with Gasteiger partial charge >= 0.3 is 0 Å². The summed E-state index contributed by atoms with van der Waals surface area (Å²) in [6.45, 7) is 5.85. The van der Waals surface area contributed by atoms with Crippen LogP contribution in [0.15, 0.2) is 27.8 Å². The molecule has 146 valence electrons. The van der Waals surface area contributed by atoms with Crippen LogP contribution in [0.2, 0.25) is 0 Å². The minimum atomic E-state index is 0. The Morgan fingerprint density at radius 3 is 2.92 bits per heavy atom. The van der Waals surface area contributed by atoms with Crippen LogP contribution >= 0.6 is 24.0 Å². The van der Waals surface area contributed by atoms with E-state index in [0.717, 1.165) is 57.4 Å². The van der Waals surface area contributed by atoms with E-state index in [1.54, 1.807) is 6.26 Å². The molecule has 0 radical (unpaired) electrons. The van der Waals surface area contributed by atoms with Gasteiger partial charge in [-0.15, -0.1) is 24.0 Å². The van der Waals surface area contributed by atoms with Gasteiger partial charge in [0.25, 0.3) is 0 Å². The first-order valence-corrected chi connectivity index (χ1v) is 9.96. The molecular weight excluding hydrogens is 441 g/mol. The molecule has 3 aliphatic rings. The van der Waals surface area contributed by atoms with E-state index < -0.39 is 0 Å². The second-order valence-electron chi connectivity index (χ2n) is 8.03. The number of nitrogens with one attached hydrogen (secondary N) is 1. The highest BCUT2D eigenvalue weighted by atomic mass is 127. The van der Waals surface area contributed by atoms with Gasteiger partial charge in [0, 0.05) is 45.1 Å². The lowest BCUT2D eigenvalue weighted by Gasteiger charge is -2.26. The van der Waals surface area contributed by atoms with Gasteiger partial charge in [-0.1, -0.05) is 12.8 Å². The molecule has 1 N–H and O–H groups in total. The maximum atomic E-state index is 5.51. The summed E-state index contributed by atoms with van der Waals surface area (Å²) in [5.74, 6) is 2.72. The van der Waals surface area contributed by atoms with E-state index in [1.165, 1.54) is 38.6 Å². The van der Waals surface area contributed by atoms with Crippen molar-refractivity contribution >= 4 is 29.9 Å². The number of furan rings is 1. The summed E-state index contributed by atoms with van der Waals surface area (Å²) in [5.41, 5.74) is 0.569. The Balaban J connectivity index is 0.00000196. The quantitative estimate of drug-likeness (QED) is 0.403. The number of hydrogen-bond donors (Lipinski definition) is 1. The van der Waals surface area contributed by atoms with Crippen molar-refractivity contribution in [3.05, 3.63) is 24.2 Å². The topological polar surface area (TPSA) is 50.0 Å². The third-order valence-electron chi connectivity index (χ3n) is 6.16. The lowest BCUT2D eigenvalue weighted by Crippen LogP contribution is -2.42. The number of ether oxygens (including phenoxy) is 1. The summed E-state index contributed by atoms with van der Waals surface area (Å²) in [5, 5.41) is 3.61. The maximum Gasteiger partial charge on any atom is 0.193 e. The summed E-state index contributed by atoms with van der Waals surface area (Å²) in [6.07, 6.45) is 10.7. The van der Waals surface area contributed by atoms with Crippen LogP contribution in [0, 0.1) is 11.3 Å². The first-order valence-electron chi connectivity index (χ1n) is 9.96. The molecule has 2 saturated heterocycles. The molecule has 1 aliphatic carbocycles. The molecule has 2 aliphatic heterocycles. The first kappa shape index (κ1) is 20.0. The molecule has 1 atom stereocenters. The zero-order chi connectivity index (χ0) is 17.0. The SMILES string of the molecule is I.c1coc(CCNC(=NCC2CCOC2)N2CCC3(CCCC3)C2)c1.